The smallest absolute Gasteiger partial charge is 0.306 e. The van der Waals surface area contributed by atoms with E-state index in [4.69, 9.17) is 5.11 Å². The van der Waals surface area contributed by atoms with Gasteiger partial charge in [0, 0.05) is 0 Å². The van der Waals surface area contributed by atoms with Gasteiger partial charge < -0.3 is 5.11 Å². The maximum absolute atomic E-state index is 10.4. The van der Waals surface area contributed by atoms with Crippen molar-refractivity contribution >= 4 is 5.97 Å². The van der Waals surface area contributed by atoms with E-state index in [1.165, 1.54) is 0 Å². The van der Waals surface area contributed by atoms with E-state index in [1.807, 2.05) is 20.8 Å². The molecule has 0 aliphatic heterocycles. The largest absolute Gasteiger partial charge is 0.481 e. The lowest BCUT2D eigenvalue weighted by Crippen LogP contribution is -2.18. The molecule has 1 atom stereocenters. The minimum Gasteiger partial charge on any atom is -0.481 e. The van der Waals surface area contributed by atoms with Crippen LogP contribution in [0.3, 0.4) is 0 Å². The van der Waals surface area contributed by atoms with E-state index in [0.29, 0.717) is 0 Å². The Morgan fingerprint density at radius 2 is 2.00 bits per heavy atom. The predicted molar refractivity (Wildman–Crippen MR) is 36.3 cm³/mol. The van der Waals surface area contributed by atoms with Crippen molar-refractivity contribution < 1.29 is 9.90 Å². The zero-order valence-electron chi connectivity index (χ0n) is 6.22. The number of carbonyl (C=O) groups is 1. The average molecular weight is 130 g/mol. The van der Waals surface area contributed by atoms with Crippen molar-refractivity contribution in [2.45, 2.75) is 27.2 Å². The third-order valence-electron chi connectivity index (χ3n) is 1.56. The summed E-state index contributed by atoms with van der Waals surface area (Å²) in [4.78, 5) is 10.4. The van der Waals surface area contributed by atoms with Gasteiger partial charge in [0.1, 0.15) is 0 Å². The highest BCUT2D eigenvalue weighted by atomic mass is 16.4. The molecular weight excluding hydrogens is 116 g/mol. The van der Waals surface area contributed by atoms with Crippen LogP contribution in [0.4, 0.5) is 0 Å². The second-order valence-corrected chi connectivity index (χ2v) is 2.60. The van der Waals surface area contributed by atoms with E-state index in [2.05, 4.69) is 0 Å². The molecule has 0 saturated carbocycles. The molecule has 0 rings (SSSR count). The Morgan fingerprint density at radius 3 is 2.00 bits per heavy atom. The number of hydrogen-bond donors (Lipinski definition) is 1. The van der Waals surface area contributed by atoms with Gasteiger partial charge in [-0.25, -0.2) is 0 Å². The SMILES string of the molecule is CCC(C(=O)O)C(C)C. The van der Waals surface area contributed by atoms with E-state index in [0.717, 1.165) is 6.42 Å². The molecule has 0 aromatic heterocycles. The Kier molecular flexibility index (Phi) is 3.28. The zero-order chi connectivity index (χ0) is 7.44. The molecule has 0 saturated heterocycles. The van der Waals surface area contributed by atoms with E-state index >= 15 is 0 Å². The van der Waals surface area contributed by atoms with E-state index in [9.17, 15) is 4.79 Å². The quantitative estimate of drug-likeness (QED) is 0.632. The second-order valence-electron chi connectivity index (χ2n) is 2.60. The summed E-state index contributed by atoms with van der Waals surface area (Å²) in [6, 6.07) is 0. The van der Waals surface area contributed by atoms with Gasteiger partial charge in [0.25, 0.3) is 0 Å². The first-order chi connectivity index (χ1) is 4.09. The van der Waals surface area contributed by atoms with E-state index in [-0.39, 0.29) is 11.8 Å². The maximum Gasteiger partial charge on any atom is 0.306 e. The van der Waals surface area contributed by atoms with Crippen molar-refractivity contribution in [3.05, 3.63) is 0 Å². The summed E-state index contributed by atoms with van der Waals surface area (Å²) in [5.41, 5.74) is 0. The van der Waals surface area contributed by atoms with E-state index < -0.39 is 5.97 Å². The predicted octanol–water partition coefficient (Wildman–Crippen LogP) is 1.75. The standard InChI is InChI=1S/C7H14O2/c1-4-6(5(2)3)7(8)9/h5-6H,4H2,1-3H3,(H,8,9). The van der Waals surface area contributed by atoms with Crippen LogP contribution in [0.1, 0.15) is 27.2 Å². The Hall–Kier alpha value is -0.530. The first-order valence-electron chi connectivity index (χ1n) is 3.32. The van der Waals surface area contributed by atoms with Gasteiger partial charge in [0.15, 0.2) is 0 Å². The van der Waals surface area contributed by atoms with Crippen molar-refractivity contribution in [3.63, 3.8) is 0 Å². The summed E-state index contributed by atoms with van der Waals surface area (Å²) in [6.07, 6.45) is 0.729. The third-order valence-corrected chi connectivity index (χ3v) is 1.56. The molecule has 0 aliphatic rings. The zero-order valence-corrected chi connectivity index (χ0v) is 6.22. The fourth-order valence-electron chi connectivity index (χ4n) is 0.931. The summed E-state index contributed by atoms with van der Waals surface area (Å²) in [5.74, 6) is -0.579. The lowest BCUT2D eigenvalue weighted by atomic mass is 9.94. The van der Waals surface area contributed by atoms with Gasteiger partial charge in [-0.3, -0.25) is 4.79 Å². The number of rotatable bonds is 3. The van der Waals surface area contributed by atoms with Crippen molar-refractivity contribution in [2.24, 2.45) is 11.8 Å². The highest BCUT2D eigenvalue weighted by molar-refractivity contribution is 5.70. The molecule has 0 aliphatic carbocycles. The fraction of sp³-hybridized carbons (Fsp3) is 0.857. The highest BCUT2D eigenvalue weighted by Crippen LogP contribution is 2.13. The molecule has 0 amide bonds. The van der Waals surface area contributed by atoms with Gasteiger partial charge in [-0.15, -0.1) is 0 Å². The molecule has 0 radical (unpaired) electrons. The molecule has 0 heterocycles. The van der Waals surface area contributed by atoms with Crippen LogP contribution in [0.2, 0.25) is 0 Å². The van der Waals surface area contributed by atoms with Crippen LogP contribution >= 0.6 is 0 Å². The fourth-order valence-corrected chi connectivity index (χ4v) is 0.931. The van der Waals surface area contributed by atoms with Gasteiger partial charge in [-0.2, -0.15) is 0 Å². The molecular formula is C7H14O2. The Morgan fingerprint density at radius 1 is 1.56 bits per heavy atom. The number of hydrogen-bond acceptors (Lipinski definition) is 1. The van der Waals surface area contributed by atoms with Crippen molar-refractivity contribution in [1.29, 1.82) is 0 Å². The molecule has 0 spiro atoms. The molecule has 1 N–H and O–H groups in total. The minimum atomic E-state index is -0.674. The molecule has 0 aromatic rings. The minimum absolute atomic E-state index is 0.162. The summed E-state index contributed by atoms with van der Waals surface area (Å²) in [7, 11) is 0. The van der Waals surface area contributed by atoms with Crippen LogP contribution in [0.25, 0.3) is 0 Å². The van der Waals surface area contributed by atoms with Gasteiger partial charge in [-0.05, 0) is 12.3 Å². The Labute approximate surface area is 55.9 Å². The molecule has 54 valence electrons. The molecule has 0 fully saturated rings. The van der Waals surface area contributed by atoms with Gasteiger partial charge in [0.05, 0.1) is 5.92 Å². The number of aliphatic carboxylic acids is 1. The van der Waals surface area contributed by atoms with Crippen molar-refractivity contribution in [3.8, 4) is 0 Å². The number of carboxylic acids is 1. The maximum atomic E-state index is 10.4. The Balaban J connectivity index is 3.83. The molecule has 2 heteroatoms. The van der Waals surface area contributed by atoms with Gasteiger partial charge in [0.2, 0.25) is 0 Å². The first-order valence-corrected chi connectivity index (χ1v) is 3.32. The molecule has 1 unspecified atom stereocenters. The third kappa shape index (κ3) is 2.49. The van der Waals surface area contributed by atoms with Gasteiger partial charge in [-0.1, -0.05) is 20.8 Å². The monoisotopic (exact) mass is 130 g/mol. The molecule has 0 aromatic carbocycles. The highest BCUT2D eigenvalue weighted by Gasteiger charge is 2.17. The van der Waals surface area contributed by atoms with E-state index in [1.54, 1.807) is 0 Å². The lowest BCUT2D eigenvalue weighted by Gasteiger charge is -2.12. The molecule has 9 heavy (non-hydrogen) atoms. The average Bonchev–Trinajstić information content (AvgIpc) is 1.64. The van der Waals surface area contributed by atoms with Crippen LogP contribution in [-0.4, -0.2) is 11.1 Å². The topological polar surface area (TPSA) is 37.3 Å². The molecule has 0 bridgehead atoms. The second kappa shape index (κ2) is 3.49. The summed E-state index contributed by atoms with van der Waals surface area (Å²) in [6.45, 7) is 5.77. The van der Waals surface area contributed by atoms with Crippen LogP contribution in [-0.2, 0) is 4.79 Å². The summed E-state index contributed by atoms with van der Waals surface area (Å²) in [5, 5.41) is 8.54. The van der Waals surface area contributed by atoms with Crippen LogP contribution in [0.5, 0.6) is 0 Å². The first kappa shape index (κ1) is 8.47. The normalized spacial score (nSPS) is 13.8. The van der Waals surface area contributed by atoms with Crippen molar-refractivity contribution in [1.82, 2.24) is 0 Å². The van der Waals surface area contributed by atoms with Crippen LogP contribution < -0.4 is 0 Å². The van der Waals surface area contributed by atoms with Gasteiger partial charge >= 0.3 is 5.97 Å². The summed E-state index contributed by atoms with van der Waals surface area (Å²) >= 11 is 0. The lowest BCUT2D eigenvalue weighted by molar-refractivity contribution is -0.143. The Bertz CT molecular complexity index is 97.1. The van der Waals surface area contributed by atoms with Crippen molar-refractivity contribution in [2.75, 3.05) is 0 Å². The van der Waals surface area contributed by atoms with Crippen LogP contribution in [0, 0.1) is 11.8 Å². The number of carboxylic acid groups (broad SMARTS) is 1. The van der Waals surface area contributed by atoms with Crippen LogP contribution in [0.15, 0.2) is 0 Å². The summed E-state index contributed by atoms with van der Waals surface area (Å²) < 4.78 is 0. The molecule has 2 nitrogen and oxygen atoms in total.